The quantitative estimate of drug-likeness (QED) is 0.543. The minimum atomic E-state index is -1.14. The molecule has 1 aliphatic heterocycles. The van der Waals surface area contributed by atoms with Gasteiger partial charge in [-0.3, -0.25) is 14.6 Å². The zero-order valence-electron chi connectivity index (χ0n) is 19.4. The fraction of sp³-hybridized carbons (Fsp3) is 0.259. The molecular weight excluding hydrogens is 449 g/mol. The lowest BCUT2D eigenvalue weighted by Gasteiger charge is -2.38. The number of carbonyl (C=O) groups excluding carboxylic acids is 2. The molecule has 4 rings (SSSR count). The van der Waals surface area contributed by atoms with E-state index >= 15 is 0 Å². The van der Waals surface area contributed by atoms with Crippen molar-refractivity contribution < 1.29 is 23.9 Å². The Balaban J connectivity index is 1.49. The van der Waals surface area contributed by atoms with Crippen molar-refractivity contribution in [3.05, 3.63) is 90.0 Å². The third kappa shape index (κ3) is 5.21. The third-order valence-electron chi connectivity index (χ3n) is 6.24. The Labute approximate surface area is 202 Å². The van der Waals surface area contributed by atoms with E-state index in [0.29, 0.717) is 12.0 Å². The Morgan fingerprint density at radius 3 is 2.37 bits per heavy atom. The summed E-state index contributed by atoms with van der Waals surface area (Å²) in [5.41, 5.74) is 2.07. The fourth-order valence-corrected chi connectivity index (χ4v) is 4.58. The summed E-state index contributed by atoms with van der Waals surface area (Å²) in [7, 11) is 0. The van der Waals surface area contributed by atoms with Crippen molar-refractivity contribution in [1.29, 1.82) is 0 Å². The van der Waals surface area contributed by atoms with Crippen LogP contribution in [0.25, 0.3) is 11.1 Å². The molecule has 2 atom stereocenters. The molecule has 180 valence electrons. The van der Waals surface area contributed by atoms with Gasteiger partial charge in [-0.1, -0.05) is 30.3 Å². The summed E-state index contributed by atoms with van der Waals surface area (Å²) in [6, 6.07) is 14.5. The number of benzene rings is 2. The average Bonchev–Trinajstić information content (AvgIpc) is 3.18. The van der Waals surface area contributed by atoms with Crippen LogP contribution in [0.15, 0.2) is 73.1 Å². The van der Waals surface area contributed by atoms with Gasteiger partial charge in [0.15, 0.2) is 0 Å². The number of rotatable bonds is 7. The highest BCUT2D eigenvalue weighted by molar-refractivity contribution is 6.00. The SMILES string of the molecule is CC(C)(Cc1ccc(F)cc1)N1C(=O)[C@@H](NC(=O)c2ccc(-c3cccnc3)cc2)C[C@H]1C(=O)O. The molecule has 3 aromatic rings. The highest BCUT2D eigenvalue weighted by atomic mass is 19.1. The van der Waals surface area contributed by atoms with E-state index in [0.717, 1.165) is 16.7 Å². The number of nitrogens with one attached hydrogen (secondary N) is 1. The lowest BCUT2D eigenvalue weighted by molar-refractivity contribution is -0.150. The summed E-state index contributed by atoms with van der Waals surface area (Å²) < 4.78 is 13.3. The Kier molecular flexibility index (Phi) is 6.64. The number of carboxylic acid groups (broad SMARTS) is 1. The monoisotopic (exact) mass is 475 g/mol. The Morgan fingerprint density at radius 2 is 1.77 bits per heavy atom. The summed E-state index contributed by atoms with van der Waals surface area (Å²) in [6.45, 7) is 3.54. The zero-order valence-corrected chi connectivity index (χ0v) is 19.4. The first-order chi connectivity index (χ1) is 16.7. The lowest BCUT2D eigenvalue weighted by Crippen LogP contribution is -2.54. The molecule has 0 unspecified atom stereocenters. The molecule has 8 heteroatoms. The molecule has 0 radical (unpaired) electrons. The predicted molar refractivity (Wildman–Crippen MR) is 128 cm³/mol. The second-order valence-electron chi connectivity index (χ2n) is 9.26. The van der Waals surface area contributed by atoms with Gasteiger partial charge < -0.3 is 15.3 Å². The van der Waals surface area contributed by atoms with Crippen LogP contribution in [0.5, 0.6) is 0 Å². The highest BCUT2D eigenvalue weighted by Gasteiger charge is 2.49. The van der Waals surface area contributed by atoms with Gasteiger partial charge in [0.1, 0.15) is 17.9 Å². The van der Waals surface area contributed by atoms with E-state index in [-0.39, 0.29) is 12.2 Å². The van der Waals surface area contributed by atoms with Crippen molar-refractivity contribution in [1.82, 2.24) is 15.2 Å². The maximum atomic E-state index is 13.3. The summed E-state index contributed by atoms with van der Waals surface area (Å²) in [5, 5.41) is 12.5. The maximum absolute atomic E-state index is 13.3. The number of aliphatic carboxylic acids is 1. The van der Waals surface area contributed by atoms with Crippen molar-refractivity contribution in [2.75, 3.05) is 0 Å². The molecular formula is C27H26FN3O4. The second kappa shape index (κ2) is 9.66. The maximum Gasteiger partial charge on any atom is 0.326 e. The van der Waals surface area contributed by atoms with Gasteiger partial charge in [-0.05, 0) is 67.3 Å². The Bertz CT molecular complexity index is 1230. The third-order valence-corrected chi connectivity index (χ3v) is 6.24. The first-order valence-electron chi connectivity index (χ1n) is 11.3. The highest BCUT2D eigenvalue weighted by Crippen LogP contribution is 2.31. The van der Waals surface area contributed by atoms with Crippen LogP contribution in [0.3, 0.4) is 0 Å². The number of carboxylic acids is 1. The van der Waals surface area contributed by atoms with Crippen LogP contribution in [0, 0.1) is 5.82 Å². The van der Waals surface area contributed by atoms with Crippen molar-refractivity contribution in [3.8, 4) is 11.1 Å². The molecule has 35 heavy (non-hydrogen) atoms. The number of nitrogens with zero attached hydrogens (tertiary/aromatic N) is 2. The summed E-state index contributed by atoms with van der Waals surface area (Å²) in [6.07, 6.45) is 3.69. The van der Waals surface area contributed by atoms with Gasteiger partial charge in [0.05, 0.1) is 0 Å². The fourth-order valence-electron chi connectivity index (χ4n) is 4.58. The van der Waals surface area contributed by atoms with Gasteiger partial charge in [-0.25, -0.2) is 9.18 Å². The Hall–Kier alpha value is -4.07. The van der Waals surface area contributed by atoms with Crippen LogP contribution >= 0.6 is 0 Å². The summed E-state index contributed by atoms with van der Waals surface area (Å²) >= 11 is 0. The molecule has 1 aromatic heterocycles. The molecule has 1 aliphatic rings. The van der Waals surface area contributed by atoms with E-state index in [1.54, 1.807) is 62.6 Å². The van der Waals surface area contributed by atoms with Gasteiger partial charge >= 0.3 is 5.97 Å². The van der Waals surface area contributed by atoms with E-state index < -0.39 is 35.4 Å². The Morgan fingerprint density at radius 1 is 1.09 bits per heavy atom. The summed E-state index contributed by atoms with van der Waals surface area (Å²) in [4.78, 5) is 43.6. The zero-order chi connectivity index (χ0) is 25.2. The normalized spacial score (nSPS) is 17.9. The van der Waals surface area contributed by atoms with Crippen LogP contribution < -0.4 is 5.32 Å². The van der Waals surface area contributed by atoms with Gasteiger partial charge in [-0.2, -0.15) is 0 Å². The van der Waals surface area contributed by atoms with Gasteiger partial charge in [0.25, 0.3) is 5.91 Å². The number of halogens is 1. The molecule has 1 fully saturated rings. The van der Waals surface area contributed by atoms with Crippen molar-refractivity contribution in [2.24, 2.45) is 0 Å². The molecule has 2 aromatic carbocycles. The molecule has 1 saturated heterocycles. The number of carbonyl (C=O) groups is 3. The average molecular weight is 476 g/mol. The van der Waals surface area contributed by atoms with E-state index in [2.05, 4.69) is 10.3 Å². The van der Waals surface area contributed by atoms with Gasteiger partial charge in [-0.15, -0.1) is 0 Å². The van der Waals surface area contributed by atoms with E-state index in [1.165, 1.54) is 17.0 Å². The van der Waals surface area contributed by atoms with Crippen LogP contribution in [-0.2, 0) is 16.0 Å². The van der Waals surface area contributed by atoms with Crippen molar-refractivity contribution in [3.63, 3.8) is 0 Å². The number of pyridine rings is 1. The van der Waals surface area contributed by atoms with Crippen LogP contribution in [0.1, 0.15) is 36.2 Å². The molecule has 2 N–H and O–H groups in total. The van der Waals surface area contributed by atoms with Crippen molar-refractivity contribution >= 4 is 17.8 Å². The minimum absolute atomic E-state index is 0.0411. The molecule has 7 nitrogen and oxygen atoms in total. The van der Waals surface area contributed by atoms with Crippen LogP contribution in [-0.4, -0.2) is 50.4 Å². The topological polar surface area (TPSA) is 99.6 Å². The standard InChI is InChI=1S/C27H26FN3O4/c1-27(2,15-17-5-11-21(28)12-6-17)31-23(26(34)35)14-22(25(31)33)30-24(32)19-9-7-18(8-10-19)20-4-3-13-29-16-20/h3-13,16,22-23H,14-15H2,1-2H3,(H,30,32)(H,34,35)/t22-,23-/m0/s1. The van der Waals surface area contributed by atoms with E-state index in [1.807, 2.05) is 12.1 Å². The number of hydrogen-bond donors (Lipinski definition) is 2. The van der Waals surface area contributed by atoms with Crippen LogP contribution in [0.4, 0.5) is 4.39 Å². The number of likely N-dealkylation sites (tertiary alicyclic amines) is 1. The second-order valence-corrected chi connectivity index (χ2v) is 9.26. The largest absolute Gasteiger partial charge is 0.480 e. The molecule has 0 spiro atoms. The molecule has 0 aliphatic carbocycles. The van der Waals surface area contributed by atoms with Gasteiger partial charge in [0.2, 0.25) is 5.91 Å². The van der Waals surface area contributed by atoms with E-state index in [9.17, 15) is 23.9 Å². The molecule has 2 heterocycles. The molecule has 0 saturated carbocycles. The molecule has 2 amide bonds. The predicted octanol–water partition coefficient (Wildman–Crippen LogP) is 3.69. The van der Waals surface area contributed by atoms with Crippen molar-refractivity contribution in [2.45, 2.75) is 44.3 Å². The number of amides is 2. The molecule has 0 bridgehead atoms. The smallest absolute Gasteiger partial charge is 0.326 e. The lowest BCUT2D eigenvalue weighted by atomic mass is 9.92. The van der Waals surface area contributed by atoms with Crippen LogP contribution in [0.2, 0.25) is 0 Å². The van der Waals surface area contributed by atoms with E-state index in [4.69, 9.17) is 0 Å². The number of aromatic nitrogens is 1. The minimum Gasteiger partial charge on any atom is -0.480 e. The van der Waals surface area contributed by atoms with Gasteiger partial charge in [0, 0.05) is 29.9 Å². The first kappa shape index (κ1) is 24.1. The number of hydrogen-bond acceptors (Lipinski definition) is 4. The summed E-state index contributed by atoms with van der Waals surface area (Å²) in [5.74, 6) is -2.42. The first-order valence-corrected chi connectivity index (χ1v) is 11.3.